The van der Waals surface area contributed by atoms with Gasteiger partial charge in [-0.1, -0.05) is 24.3 Å². The number of benzene rings is 2. The number of hydrogen-bond acceptors (Lipinski definition) is 2. The first-order valence-corrected chi connectivity index (χ1v) is 8.30. The number of nitrogens with zero attached hydrogens (tertiary/aromatic N) is 1. The van der Waals surface area contributed by atoms with Crippen LogP contribution >= 0.6 is 0 Å². The van der Waals surface area contributed by atoms with Gasteiger partial charge in [0.05, 0.1) is 6.42 Å². The van der Waals surface area contributed by atoms with Crippen LogP contribution in [0.15, 0.2) is 42.5 Å². The van der Waals surface area contributed by atoms with Gasteiger partial charge >= 0.3 is 0 Å². The van der Waals surface area contributed by atoms with E-state index in [2.05, 4.69) is 5.32 Å². The third-order valence-electron chi connectivity index (χ3n) is 4.56. The molecule has 1 N–H and O–H groups in total. The van der Waals surface area contributed by atoms with Gasteiger partial charge in [-0.15, -0.1) is 0 Å². The Morgan fingerprint density at radius 2 is 1.88 bits per heavy atom. The first kappa shape index (κ1) is 16.2. The number of nitrogens with one attached hydrogen (secondary N) is 1. The zero-order valence-corrected chi connectivity index (χ0v) is 14.1. The van der Waals surface area contributed by atoms with Crippen molar-refractivity contribution >= 4 is 23.2 Å². The van der Waals surface area contributed by atoms with Gasteiger partial charge in [-0.05, 0) is 55.2 Å². The molecule has 3 rings (SSSR count). The summed E-state index contributed by atoms with van der Waals surface area (Å²) in [6, 6.07) is 13.6. The topological polar surface area (TPSA) is 49.4 Å². The second kappa shape index (κ2) is 6.87. The molecule has 1 saturated heterocycles. The molecule has 2 aromatic carbocycles. The highest BCUT2D eigenvalue weighted by atomic mass is 16.2. The minimum absolute atomic E-state index is 0.0336. The maximum Gasteiger partial charge on any atom is 0.228 e. The Labute approximate surface area is 142 Å². The largest absolute Gasteiger partial charge is 0.326 e. The Balaban J connectivity index is 1.64. The summed E-state index contributed by atoms with van der Waals surface area (Å²) >= 11 is 0. The summed E-state index contributed by atoms with van der Waals surface area (Å²) in [6.45, 7) is 4.82. The number of rotatable bonds is 4. The smallest absolute Gasteiger partial charge is 0.228 e. The van der Waals surface area contributed by atoms with Crippen molar-refractivity contribution in [3.05, 3.63) is 59.2 Å². The molecule has 1 aliphatic heterocycles. The Bertz CT molecular complexity index is 766. The van der Waals surface area contributed by atoms with E-state index < -0.39 is 0 Å². The van der Waals surface area contributed by atoms with Crippen molar-refractivity contribution < 1.29 is 9.59 Å². The quantitative estimate of drug-likeness (QED) is 0.935. The van der Waals surface area contributed by atoms with E-state index in [0.717, 1.165) is 41.0 Å². The third-order valence-corrected chi connectivity index (χ3v) is 4.56. The van der Waals surface area contributed by atoms with Crippen molar-refractivity contribution in [2.24, 2.45) is 0 Å². The maximum atomic E-state index is 12.3. The first-order valence-electron chi connectivity index (χ1n) is 8.30. The Morgan fingerprint density at radius 1 is 1.12 bits per heavy atom. The molecule has 0 aromatic heterocycles. The lowest BCUT2D eigenvalue weighted by atomic mass is 10.1. The zero-order valence-electron chi connectivity index (χ0n) is 14.1. The molecule has 1 fully saturated rings. The van der Waals surface area contributed by atoms with Gasteiger partial charge in [0.1, 0.15) is 0 Å². The predicted octanol–water partition coefficient (Wildman–Crippen LogP) is 3.61. The number of anilines is 2. The van der Waals surface area contributed by atoms with E-state index in [1.165, 1.54) is 0 Å². The van der Waals surface area contributed by atoms with Crippen LogP contribution in [0.25, 0.3) is 0 Å². The fourth-order valence-electron chi connectivity index (χ4n) is 2.98. The molecule has 0 aliphatic carbocycles. The van der Waals surface area contributed by atoms with Crippen molar-refractivity contribution in [3.63, 3.8) is 0 Å². The molecule has 0 unspecified atom stereocenters. The van der Waals surface area contributed by atoms with Gasteiger partial charge in [-0.2, -0.15) is 0 Å². The molecule has 2 aromatic rings. The van der Waals surface area contributed by atoms with E-state index >= 15 is 0 Å². The van der Waals surface area contributed by atoms with Gasteiger partial charge in [0, 0.05) is 24.3 Å². The highest BCUT2D eigenvalue weighted by Crippen LogP contribution is 2.22. The second-order valence-electron chi connectivity index (χ2n) is 6.29. The second-order valence-corrected chi connectivity index (χ2v) is 6.29. The molecular weight excluding hydrogens is 300 g/mol. The van der Waals surface area contributed by atoms with Crippen LogP contribution < -0.4 is 10.2 Å². The number of carbonyl (C=O) groups is 2. The van der Waals surface area contributed by atoms with Gasteiger partial charge < -0.3 is 10.2 Å². The number of carbonyl (C=O) groups excluding carboxylic acids is 2. The molecule has 0 bridgehead atoms. The average molecular weight is 322 g/mol. The number of amides is 2. The molecule has 0 spiro atoms. The van der Waals surface area contributed by atoms with Crippen molar-refractivity contribution in [2.45, 2.75) is 33.1 Å². The molecule has 0 radical (unpaired) electrons. The van der Waals surface area contributed by atoms with Crippen LogP contribution in [0.5, 0.6) is 0 Å². The molecule has 1 heterocycles. The minimum Gasteiger partial charge on any atom is -0.326 e. The van der Waals surface area contributed by atoms with Crippen molar-refractivity contribution in [3.8, 4) is 0 Å². The summed E-state index contributed by atoms with van der Waals surface area (Å²) in [5.41, 5.74) is 4.96. The lowest BCUT2D eigenvalue weighted by molar-refractivity contribution is -0.117. The van der Waals surface area contributed by atoms with Crippen LogP contribution in [0.2, 0.25) is 0 Å². The zero-order chi connectivity index (χ0) is 17.1. The summed E-state index contributed by atoms with van der Waals surface area (Å²) in [4.78, 5) is 25.8. The Kier molecular flexibility index (Phi) is 4.65. The summed E-state index contributed by atoms with van der Waals surface area (Å²) < 4.78 is 0. The summed E-state index contributed by atoms with van der Waals surface area (Å²) in [7, 11) is 0. The van der Waals surface area contributed by atoms with Gasteiger partial charge in [0.25, 0.3) is 0 Å². The van der Waals surface area contributed by atoms with E-state index in [0.29, 0.717) is 12.8 Å². The Morgan fingerprint density at radius 3 is 2.54 bits per heavy atom. The molecule has 4 heteroatoms. The molecule has 2 amide bonds. The van der Waals surface area contributed by atoms with Gasteiger partial charge in [0.15, 0.2) is 0 Å². The highest BCUT2D eigenvalue weighted by Gasteiger charge is 2.21. The lowest BCUT2D eigenvalue weighted by Gasteiger charge is -2.16. The van der Waals surface area contributed by atoms with Crippen LogP contribution in [0, 0.1) is 13.8 Å². The Hall–Kier alpha value is -2.62. The first-order chi connectivity index (χ1) is 11.5. The number of hydrogen-bond donors (Lipinski definition) is 1. The highest BCUT2D eigenvalue weighted by molar-refractivity contribution is 5.95. The van der Waals surface area contributed by atoms with E-state index in [1.54, 1.807) is 4.90 Å². The van der Waals surface area contributed by atoms with E-state index in [1.807, 2.05) is 56.3 Å². The van der Waals surface area contributed by atoms with Crippen LogP contribution in [-0.4, -0.2) is 18.4 Å². The van der Waals surface area contributed by atoms with E-state index in [9.17, 15) is 9.59 Å². The maximum absolute atomic E-state index is 12.3. The molecule has 4 nitrogen and oxygen atoms in total. The standard InChI is InChI=1S/C20H22N2O2/c1-14-5-3-6-18(15(14)2)21-19(23)13-16-8-10-17(11-9-16)22-12-4-7-20(22)24/h3,5-6,8-11H,4,7,12-13H2,1-2H3,(H,21,23). The number of aryl methyl sites for hydroxylation is 1. The summed E-state index contributed by atoms with van der Waals surface area (Å²) in [5.74, 6) is 0.143. The normalized spacial score (nSPS) is 14.1. The molecule has 0 saturated carbocycles. The molecule has 1 aliphatic rings. The van der Waals surface area contributed by atoms with Crippen LogP contribution in [0.3, 0.4) is 0 Å². The SMILES string of the molecule is Cc1cccc(NC(=O)Cc2ccc(N3CCCC3=O)cc2)c1C. The van der Waals surface area contributed by atoms with Crippen molar-refractivity contribution in [1.29, 1.82) is 0 Å². The molecule has 124 valence electrons. The van der Waals surface area contributed by atoms with E-state index in [-0.39, 0.29) is 11.8 Å². The molecule has 0 atom stereocenters. The van der Waals surface area contributed by atoms with Crippen LogP contribution in [-0.2, 0) is 16.0 Å². The fourth-order valence-corrected chi connectivity index (χ4v) is 2.98. The predicted molar refractivity (Wildman–Crippen MR) is 96.3 cm³/mol. The van der Waals surface area contributed by atoms with E-state index in [4.69, 9.17) is 0 Å². The van der Waals surface area contributed by atoms with Crippen molar-refractivity contribution in [2.75, 3.05) is 16.8 Å². The van der Waals surface area contributed by atoms with Crippen LogP contribution in [0.1, 0.15) is 29.5 Å². The average Bonchev–Trinajstić information content (AvgIpc) is 2.99. The van der Waals surface area contributed by atoms with Gasteiger partial charge in [-0.25, -0.2) is 0 Å². The minimum atomic E-state index is -0.0336. The van der Waals surface area contributed by atoms with Gasteiger partial charge in [0.2, 0.25) is 11.8 Å². The summed E-state index contributed by atoms with van der Waals surface area (Å²) in [5, 5.41) is 2.97. The molecule has 24 heavy (non-hydrogen) atoms. The monoisotopic (exact) mass is 322 g/mol. The van der Waals surface area contributed by atoms with Gasteiger partial charge in [-0.3, -0.25) is 9.59 Å². The summed E-state index contributed by atoms with van der Waals surface area (Å²) in [6.07, 6.45) is 1.86. The lowest BCUT2D eigenvalue weighted by Crippen LogP contribution is -2.23. The van der Waals surface area contributed by atoms with Crippen LogP contribution in [0.4, 0.5) is 11.4 Å². The fraction of sp³-hybridized carbons (Fsp3) is 0.300. The third kappa shape index (κ3) is 3.48. The van der Waals surface area contributed by atoms with Crippen molar-refractivity contribution in [1.82, 2.24) is 0 Å². The molecular formula is C20H22N2O2.